The van der Waals surface area contributed by atoms with Crippen molar-refractivity contribution in [3.63, 3.8) is 0 Å². The monoisotopic (exact) mass is 235 g/mol. The van der Waals surface area contributed by atoms with E-state index >= 15 is 0 Å². The van der Waals surface area contributed by atoms with Crippen molar-refractivity contribution in [2.24, 2.45) is 0 Å². The molecule has 0 unspecified atom stereocenters. The first-order valence-electron chi connectivity index (χ1n) is 5.30. The molecule has 0 aliphatic rings. The van der Waals surface area contributed by atoms with Crippen LogP contribution in [0.5, 0.6) is 0 Å². The van der Waals surface area contributed by atoms with E-state index in [2.05, 4.69) is 10.1 Å². The molecule has 0 fully saturated rings. The van der Waals surface area contributed by atoms with Crippen LogP contribution < -0.4 is 5.56 Å². The van der Waals surface area contributed by atoms with Gasteiger partial charge in [0.25, 0.3) is 5.56 Å². The quantitative estimate of drug-likeness (QED) is 0.782. The number of nitrogens with one attached hydrogen (secondary N) is 1. The van der Waals surface area contributed by atoms with E-state index in [1.54, 1.807) is 20.8 Å². The zero-order valence-corrected chi connectivity index (χ0v) is 9.90. The molecule has 0 aromatic carbocycles. The van der Waals surface area contributed by atoms with Crippen molar-refractivity contribution in [3.05, 3.63) is 33.5 Å². The second-order valence-electron chi connectivity index (χ2n) is 3.72. The zero-order valence-electron chi connectivity index (χ0n) is 9.90. The lowest BCUT2D eigenvalue weighted by molar-refractivity contribution is 0.0525. The van der Waals surface area contributed by atoms with Crippen LogP contribution in [0.15, 0.2) is 11.0 Å². The van der Waals surface area contributed by atoms with E-state index in [4.69, 9.17) is 4.74 Å². The highest BCUT2D eigenvalue weighted by Gasteiger charge is 2.17. The predicted octanol–water partition coefficient (Wildman–Crippen LogP) is 0.816. The number of rotatable bonds is 2. The van der Waals surface area contributed by atoms with E-state index < -0.39 is 5.97 Å². The number of esters is 1. The summed E-state index contributed by atoms with van der Waals surface area (Å²) in [5.74, 6) is 0.0560. The van der Waals surface area contributed by atoms with Crippen LogP contribution in [0.3, 0.4) is 0 Å². The minimum absolute atomic E-state index is 0.259. The first kappa shape index (κ1) is 11.4. The molecular weight excluding hydrogens is 222 g/mol. The number of ether oxygens (including phenoxy) is 1. The number of H-pyrrole nitrogens is 1. The molecule has 2 aromatic rings. The second-order valence-corrected chi connectivity index (χ2v) is 3.72. The van der Waals surface area contributed by atoms with Gasteiger partial charge in [0.05, 0.1) is 12.2 Å². The van der Waals surface area contributed by atoms with E-state index in [1.165, 1.54) is 10.7 Å². The first-order valence-corrected chi connectivity index (χ1v) is 5.30. The molecule has 0 aliphatic carbocycles. The Morgan fingerprint density at radius 2 is 2.24 bits per heavy atom. The van der Waals surface area contributed by atoms with Gasteiger partial charge in [0.15, 0.2) is 0 Å². The molecular formula is C11H13N3O3. The molecule has 0 atom stereocenters. The number of aromatic nitrogens is 3. The molecule has 17 heavy (non-hydrogen) atoms. The third-order valence-electron chi connectivity index (χ3n) is 2.50. The summed E-state index contributed by atoms with van der Waals surface area (Å²) in [6, 6.07) is 0. The molecule has 2 aromatic heterocycles. The Balaban J connectivity index is 2.69. The molecule has 90 valence electrons. The van der Waals surface area contributed by atoms with Crippen molar-refractivity contribution in [1.82, 2.24) is 14.6 Å². The van der Waals surface area contributed by atoms with Gasteiger partial charge < -0.3 is 9.72 Å². The molecule has 2 heterocycles. The first-order chi connectivity index (χ1) is 8.04. The van der Waals surface area contributed by atoms with Crippen LogP contribution in [-0.2, 0) is 4.74 Å². The summed E-state index contributed by atoms with van der Waals surface area (Å²) in [5, 5.41) is 4.11. The van der Waals surface area contributed by atoms with Gasteiger partial charge in [-0.25, -0.2) is 9.31 Å². The average molecular weight is 235 g/mol. The number of carbonyl (C=O) groups is 1. The maximum atomic E-state index is 11.7. The molecule has 0 aliphatic heterocycles. The number of carbonyl (C=O) groups excluding carboxylic acids is 1. The van der Waals surface area contributed by atoms with Crippen molar-refractivity contribution in [2.45, 2.75) is 20.8 Å². The number of hydrogen-bond acceptors (Lipinski definition) is 4. The van der Waals surface area contributed by atoms with Crippen LogP contribution in [0.1, 0.15) is 28.7 Å². The molecule has 6 heteroatoms. The summed E-state index contributed by atoms with van der Waals surface area (Å²) in [6.07, 6.45) is 1.52. The summed E-state index contributed by atoms with van der Waals surface area (Å²) in [6.45, 7) is 5.42. The molecule has 0 amide bonds. The zero-order chi connectivity index (χ0) is 12.6. The standard InChI is InChI=1S/C11H13N3O3/c1-4-17-11(16)8-5-14-9(6(8)2)10(15)12-7(3)13-14/h5H,4H2,1-3H3,(H,12,13,15). The van der Waals surface area contributed by atoms with Gasteiger partial charge in [0.2, 0.25) is 0 Å². The third kappa shape index (κ3) is 1.82. The van der Waals surface area contributed by atoms with E-state index in [9.17, 15) is 9.59 Å². The summed E-state index contributed by atoms with van der Waals surface area (Å²) in [4.78, 5) is 26.0. The van der Waals surface area contributed by atoms with Gasteiger partial charge in [-0.05, 0) is 26.3 Å². The van der Waals surface area contributed by atoms with Crippen molar-refractivity contribution >= 4 is 11.5 Å². The van der Waals surface area contributed by atoms with Gasteiger partial charge >= 0.3 is 5.97 Å². The van der Waals surface area contributed by atoms with Gasteiger partial charge in [-0.3, -0.25) is 4.79 Å². The summed E-state index contributed by atoms with van der Waals surface area (Å²) in [7, 11) is 0. The Bertz CT molecular complexity index is 639. The molecule has 0 saturated heterocycles. The maximum Gasteiger partial charge on any atom is 0.340 e. The number of nitrogens with zero attached hydrogens (tertiary/aromatic N) is 2. The number of hydrogen-bond donors (Lipinski definition) is 1. The normalized spacial score (nSPS) is 10.8. The fourth-order valence-corrected chi connectivity index (χ4v) is 1.76. The van der Waals surface area contributed by atoms with E-state index in [-0.39, 0.29) is 5.56 Å². The van der Waals surface area contributed by atoms with Crippen molar-refractivity contribution in [2.75, 3.05) is 6.61 Å². The molecule has 0 saturated carbocycles. The minimum atomic E-state index is -0.437. The van der Waals surface area contributed by atoms with Crippen LogP contribution in [0, 0.1) is 13.8 Å². The number of aromatic amines is 1. The lowest BCUT2D eigenvalue weighted by Gasteiger charge is -1.98. The summed E-state index contributed by atoms with van der Waals surface area (Å²) in [5.41, 5.74) is 1.07. The van der Waals surface area contributed by atoms with Gasteiger partial charge in [-0.2, -0.15) is 5.10 Å². The highest BCUT2D eigenvalue weighted by molar-refractivity contribution is 5.93. The fourth-order valence-electron chi connectivity index (χ4n) is 1.76. The maximum absolute atomic E-state index is 11.7. The van der Waals surface area contributed by atoms with E-state index in [0.717, 1.165) is 0 Å². The van der Waals surface area contributed by atoms with Gasteiger partial charge in [0, 0.05) is 6.20 Å². The number of fused-ring (bicyclic) bond motifs is 1. The Morgan fingerprint density at radius 1 is 1.53 bits per heavy atom. The van der Waals surface area contributed by atoms with Crippen LogP contribution in [0.25, 0.3) is 5.52 Å². The predicted molar refractivity (Wildman–Crippen MR) is 61.2 cm³/mol. The Hall–Kier alpha value is -2.11. The van der Waals surface area contributed by atoms with Crippen LogP contribution in [0.4, 0.5) is 0 Å². The molecule has 1 N–H and O–H groups in total. The summed E-state index contributed by atoms with van der Waals surface area (Å²) >= 11 is 0. The molecule has 0 radical (unpaired) electrons. The topological polar surface area (TPSA) is 76.5 Å². The van der Waals surface area contributed by atoms with Crippen LogP contribution in [-0.4, -0.2) is 27.2 Å². The third-order valence-corrected chi connectivity index (χ3v) is 2.50. The molecule has 0 bridgehead atoms. The lowest BCUT2D eigenvalue weighted by Crippen LogP contribution is -2.14. The van der Waals surface area contributed by atoms with Gasteiger partial charge in [-0.15, -0.1) is 0 Å². The molecule has 6 nitrogen and oxygen atoms in total. The van der Waals surface area contributed by atoms with Gasteiger partial charge in [-0.1, -0.05) is 0 Å². The van der Waals surface area contributed by atoms with Gasteiger partial charge in [0.1, 0.15) is 11.3 Å². The second kappa shape index (κ2) is 4.04. The smallest absolute Gasteiger partial charge is 0.340 e. The lowest BCUT2D eigenvalue weighted by atomic mass is 10.2. The Labute approximate surface area is 97.2 Å². The highest BCUT2D eigenvalue weighted by Crippen LogP contribution is 2.14. The molecule has 2 rings (SSSR count). The Morgan fingerprint density at radius 3 is 2.88 bits per heavy atom. The SMILES string of the molecule is CCOC(=O)c1cn2nc(C)[nH]c(=O)c2c1C. The summed E-state index contributed by atoms with van der Waals surface area (Å²) < 4.78 is 6.33. The van der Waals surface area contributed by atoms with Crippen molar-refractivity contribution in [1.29, 1.82) is 0 Å². The fraction of sp³-hybridized carbons (Fsp3) is 0.364. The minimum Gasteiger partial charge on any atom is -0.462 e. The Kier molecular flexibility index (Phi) is 2.71. The highest BCUT2D eigenvalue weighted by atomic mass is 16.5. The molecule has 0 spiro atoms. The largest absolute Gasteiger partial charge is 0.462 e. The number of aryl methyl sites for hydroxylation is 2. The van der Waals surface area contributed by atoms with Crippen molar-refractivity contribution < 1.29 is 9.53 Å². The van der Waals surface area contributed by atoms with Crippen LogP contribution in [0.2, 0.25) is 0 Å². The van der Waals surface area contributed by atoms with E-state index in [0.29, 0.717) is 29.1 Å². The van der Waals surface area contributed by atoms with Crippen LogP contribution >= 0.6 is 0 Å². The average Bonchev–Trinajstić information content (AvgIpc) is 2.56. The van der Waals surface area contributed by atoms with E-state index in [1.807, 2.05) is 0 Å². The van der Waals surface area contributed by atoms with Crippen molar-refractivity contribution in [3.8, 4) is 0 Å².